The summed E-state index contributed by atoms with van der Waals surface area (Å²) in [6.45, 7) is 0.257. The lowest BCUT2D eigenvalue weighted by atomic mass is 10.2. The topological polar surface area (TPSA) is 20.2 Å². The summed E-state index contributed by atoms with van der Waals surface area (Å²) in [7, 11) is 0. The summed E-state index contributed by atoms with van der Waals surface area (Å²) in [4.78, 5) is 0. The monoisotopic (exact) mass is 130 g/mol. The molecule has 0 aromatic carbocycles. The standard InChI is InChI=1S/C6H10OS/c7-4-6-2-1-3-8-5-6/h5,7H,1-4H2. The Hall–Kier alpha value is 0.0500. The van der Waals surface area contributed by atoms with Crippen LogP contribution in [0.15, 0.2) is 11.0 Å². The highest BCUT2D eigenvalue weighted by Crippen LogP contribution is 2.19. The number of rotatable bonds is 1. The Balaban J connectivity index is 2.37. The Morgan fingerprint density at radius 3 is 3.00 bits per heavy atom. The van der Waals surface area contributed by atoms with Gasteiger partial charge in [-0.05, 0) is 29.6 Å². The van der Waals surface area contributed by atoms with E-state index < -0.39 is 0 Å². The van der Waals surface area contributed by atoms with E-state index in [1.165, 1.54) is 17.7 Å². The largest absolute Gasteiger partial charge is 0.392 e. The molecule has 1 N–H and O–H groups in total. The Bertz CT molecular complexity index is 98.7. The Morgan fingerprint density at radius 1 is 1.75 bits per heavy atom. The van der Waals surface area contributed by atoms with Gasteiger partial charge < -0.3 is 5.11 Å². The molecule has 0 saturated heterocycles. The highest BCUT2D eigenvalue weighted by molar-refractivity contribution is 8.02. The molecule has 0 saturated carbocycles. The lowest BCUT2D eigenvalue weighted by molar-refractivity contribution is 0.326. The number of hydrogen-bond donors (Lipinski definition) is 1. The summed E-state index contributed by atoms with van der Waals surface area (Å²) in [6, 6.07) is 0. The van der Waals surface area contributed by atoms with Gasteiger partial charge >= 0.3 is 0 Å². The molecule has 0 atom stereocenters. The Kier molecular flexibility index (Phi) is 2.43. The zero-order valence-corrected chi connectivity index (χ0v) is 5.58. The predicted molar refractivity (Wildman–Crippen MR) is 36.9 cm³/mol. The van der Waals surface area contributed by atoms with Crippen molar-refractivity contribution in [3.8, 4) is 0 Å². The number of aliphatic hydroxyl groups excluding tert-OH is 1. The third-order valence-corrected chi connectivity index (χ3v) is 2.24. The third-order valence-electron chi connectivity index (χ3n) is 1.21. The van der Waals surface area contributed by atoms with Crippen molar-refractivity contribution in [1.82, 2.24) is 0 Å². The molecule has 0 amide bonds. The summed E-state index contributed by atoms with van der Waals surface area (Å²) in [5, 5.41) is 10.7. The van der Waals surface area contributed by atoms with E-state index in [4.69, 9.17) is 5.11 Å². The Labute approximate surface area is 53.8 Å². The molecule has 0 spiro atoms. The maximum Gasteiger partial charge on any atom is 0.0649 e. The lowest BCUT2D eigenvalue weighted by Crippen LogP contribution is -1.95. The van der Waals surface area contributed by atoms with Crippen LogP contribution >= 0.6 is 11.8 Å². The van der Waals surface area contributed by atoms with Crippen molar-refractivity contribution >= 4 is 11.8 Å². The first-order valence-corrected chi connectivity index (χ1v) is 3.89. The van der Waals surface area contributed by atoms with E-state index in [1.54, 1.807) is 11.8 Å². The minimum Gasteiger partial charge on any atom is -0.392 e. The second kappa shape index (κ2) is 3.15. The second-order valence-corrected chi connectivity index (χ2v) is 2.89. The van der Waals surface area contributed by atoms with E-state index in [2.05, 4.69) is 5.41 Å². The maximum absolute atomic E-state index is 8.61. The van der Waals surface area contributed by atoms with Crippen molar-refractivity contribution in [3.05, 3.63) is 11.0 Å². The SMILES string of the molecule is OCC1=CSCCC1. The van der Waals surface area contributed by atoms with Crippen molar-refractivity contribution in [1.29, 1.82) is 0 Å². The summed E-state index contributed by atoms with van der Waals surface area (Å²) >= 11 is 1.81. The molecule has 2 heteroatoms. The highest BCUT2D eigenvalue weighted by Gasteiger charge is 2.00. The van der Waals surface area contributed by atoms with Gasteiger partial charge in [0, 0.05) is 0 Å². The normalized spacial score (nSPS) is 20.4. The van der Waals surface area contributed by atoms with Crippen LogP contribution in [0, 0.1) is 0 Å². The van der Waals surface area contributed by atoms with Crippen LogP contribution in [0.3, 0.4) is 0 Å². The fourth-order valence-corrected chi connectivity index (χ4v) is 1.59. The smallest absolute Gasteiger partial charge is 0.0649 e. The van der Waals surface area contributed by atoms with E-state index in [1.807, 2.05) is 0 Å². The van der Waals surface area contributed by atoms with Crippen molar-refractivity contribution < 1.29 is 5.11 Å². The quantitative estimate of drug-likeness (QED) is 0.579. The molecule has 0 aromatic heterocycles. The van der Waals surface area contributed by atoms with Crippen LogP contribution in [0.2, 0.25) is 0 Å². The van der Waals surface area contributed by atoms with E-state index in [0.29, 0.717) is 0 Å². The molecule has 0 unspecified atom stereocenters. The predicted octanol–water partition coefficient (Wildman–Crippen LogP) is 1.39. The fraction of sp³-hybridized carbons (Fsp3) is 0.667. The van der Waals surface area contributed by atoms with Gasteiger partial charge in [-0.15, -0.1) is 11.8 Å². The van der Waals surface area contributed by atoms with Gasteiger partial charge in [0.25, 0.3) is 0 Å². The molecule has 0 fully saturated rings. The van der Waals surface area contributed by atoms with Crippen LogP contribution in [0.5, 0.6) is 0 Å². The maximum atomic E-state index is 8.61. The molecule has 1 rings (SSSR count). The fourth-order valence-electron chi connectivity index (χ4n) is 0.735. The van der Waals surface area contributed by atoms with Gasteiger partial charge in [0.05, 0.1) is 6.61 Å². The van der Waals surface area contributed by atoms with E-state index in [-0.39, 0.29) is 6.61 Å². The third kappa shape index (κ3) is 1.53. The van der Waals surface area contributed by atoms with Crippen LogP contribution < -0.4 is 0 Å². The van der Waals surface area contributed by atoms with Crippen LogP contribution in [0.1, 0.15) is 12.8 Å². The van der Waals surface area contributed by atoms with Crippen LogP contribution in [-0.4, -0.2) is 17.5 Å². The average molecular weight is 130 g/mol. The van der Waals surface area contributed by atoms with Gasteiger partial charge in [0.15, 0.2) is 0 Å². The summed E-state index contributed by atoms with van der Waals surface area (Å²) < 4.78 is 0. The van der Waals surface area contributed by atoms with Crippen molar-refractivity contribution in [2.24, 2.45) is 0 Å². The number of aliphatic hydroxyl groups is 1. The van der Waals surface area contributed by atoms with Gasteiger partial charge in [0.2, 0.25) is 0 Å². The molecular formula is C6H10OS. The molecule has 1 nitrogen and oxygen atoms in total. The van der Waals surface area contributed by atoms with Gasteiger partial charge in [-0.2, -0.15) is 0 Å². The number of hydrogen-bond acceptors (Lipinski definition) is 2. The molecule has 1 aliphatic rings. The molecule has 1 heterocycles. The zero-order chi connectivity index (χ0) is 5.82. The van der Waals surface area contributed by atoms with Gasteiger partial charge in [0.1, 0.15) is 0 Å². The first kappa shape index (κ1) is 6.17. The van der Waals surface area contributed by atoms with Gasteiger partial charge in [-0.3, -0.25) is 0 Å². The lowest BCUT2D eigenvalue weighted by Gasteiger charge is -2.07. The van der Waals surface area contributed by atoms with Gasteiger partial charge in [-0.25, -0.2) is 0 Å². The highest BCUT2D eigenvalue weighted by atomic mass is 32.2. The molecule has 0 bridgehead atoms. The molecule has 0 aromatic rings. The van der Waals surface area contributed by atoms with Crippen molar-refractivity contribution in [3.63, 3.8) is 0 Å². The molecule has 0 radical (unpaired) electrons. The van der Waals surface area contributed by atoms with Crippen LogP contribution in [0.25, 0.3) is 0 Å². The van der Waals surface area contributed by atoms with Crippen LogP contribution in [0.4, 0.5) is 0 Å². The average Bonchev–Trinajstić information content (AvgIpc) is 1.90. The van der Waals surface area contributed by atoms with E-state index >= 15 is 0 Å². The zero-order valence-electron chi connectivity index (χ0n) is 4.76. The summed E-state index contributed by atoms with van der Waals surface area (Å²) in [5.74, 6) is 1.23. The Morgan fingerprint density at radius 2 is 2.62 bits per heavy atom. The summed E-state index contributed by atoms with van der Waals surface area (Å²) in [6.07, 6.45) is 2.33. The second-order valence-electron chi connectivity index (χ2n) is 1.91. The molecule has 8 heavy (non-hydrogen) atoms. The minimum absolute atomic E-state index is 0.257. The van der Waals surface area contributed by atoms with Crippen molar-refractivity contribution in [2.75, 3.05) is 12.4 Å². The van der Waals surface area contributed by atoms with E-state index in [0.717, 1.165) is 6.42 Å². The molecule has 1 aliphatic heterocycles. The minimum atomic E-state index is 0.257. The molecule has 0 aliphatic carbocycles. The first-order chi connectivity index (χ1) is 3.93. The van der Waals surface area contributed by atoms with E-state index in [9.17, 15) is 0 Å². The number of thioether (sulfide) groups is 1. The van der Waals surface area contributed by atoms with Crippen LogP contribution in [-0.2, 0) is 0 Å². The van der Waals surface area contributed by atoms with Crippen molar-refractivity contribution in [2.45, 2.75) is 12.8 Å². The molecular weight excluding hydrogens is 120 g/mol. The molecule has 46 valence electrons. The van der Waals surface area contributed by atoms with Gasteiger partial charge in [-0.1, -0.05) is 0 Å². The summed E-state index contributed by atoms with van der Waals surface area (Å²) in [5.41, 5.74) is 1.20. The first-order valence-electron chi connectivity index (χ1n) is 2.84.